The van der Waals surface area contributed by atoms with E-state index < -0.39 is 5.92 Å². The molecule has 47 heavy (non-hydrogen) atoms. The van der Waals surface area contributed by atoms with Crippen molar-refractivity contribution in [2.45, 2.75) is 36.1 Å². The molecule has 240 valence electrons. The molecule has 8 rings (SSSR count). The van der Waals surface area contributed by atoms with Gasteiger partial charge in [-0.05, 0) is 85.2 Å². The first-order valence-electron chi connectivity index (χ1n) is 15.7. The molecule has 0 spiro atoms. The first kappa shape index (κ1) is 30.0. The zero-order valence-corrected chi connectivity index (χ0v) is 27.7. The van der Waals surface area contributed by atoms with E-state index in [1.165, 1.54) is 16.2 Å². The Labute approximate surface area is 279 Å². The van der Waals surface area contributed by atoms with Crippen molar-refractivity contribution < 1.29 is 23.9 Å². The second-order valence-electron chi connectivity index (χ2n) is 12.8. The molecular weight excluding hydrogens is 635 g/mol. The third-order valence-electron chi connectivity index (χ3n) is 10.4. The molecule has 1 aromatic heterocycles. The monoisotopic (exact) mass is 667 g/mol. The quantitative estimate of drug-likeness (QED) is 0.258. The number of aromatic nitrogens is 1. The van der Waals surface area contributed by atoms with Gasteiger partial charge in [0.25, 0.3) is 0 Å². The number of imide groups is 1. The summed E-state index contributed by atoms with van der Waals surface area (Å²) in [6.07, 6.45) is 0.792. The smallest absolute Gasteiger partial charge is 0.308 e. The van der Waals surface area contributed by atoms with Crippen molar-refractivity contribution in [1.82, 2.24) is 4.57 Å². The van der Waals surface area contributed by atoms with E-state index in [0.717, 1.165) is 33.2 Å². The fourth-order valence-corrected chi connectivity index (χ4v) is 11.6. The summed E-state index contributed by atoms with van der Waals surface area (Å²) in [6, 6.07) is 22.5. The molecule has 3 heterocycles. The van der Waals surface area contributed by atoms with Crippen LogP contribution in [-0.2, 0) is 20.9 Å². The molecule has 4 aliphatic rings. The van der Waals surface area contributed by atoms with Crippen LogP contribution in [0.3, 0.4) is 0 Å². The summed E-state index contributed by atoms with van der Waals surface area (Å²) in [5.74, 6) is -0.0155. The van der Waals surface area contributed by atoms with E-state index in [2.05, 4.69) is 5.32 Å². The number of nitrogens with one attached hydrogen (secondary N) is 1. The van der Waals surface area contributed by atoms with Gasteiger partial charge in [0.2, 0.25) is 17.7 Å². The molecule has 4 aromatic rings. The van der Waals surface area contributed by atoms with E-state index >= 15 is 0 Å². The summed E-state index contributed by atoms with van der Waals surface area (Å²) in [6.45, 7) is 1.85. The first-order chi connectivity index (χ1) is 22.8. The molecule has 7 atom stereocenters. The van der Waals surface area contributed by atoms with Crippen molar-refractivity contribution in [2.75, 3.05) is 24.4 Å². The molecule has 3 aromatic carbocycles. The highest BCUT2D eigenvalue weighted by atomic mass is 32.2. The average molecular weight is 668 g/mol. The van der Waals surface area contributed by atoms with Gasteiger partial charge in [0, 0.05) is 21.7 Å². The van der Waals surface area contributed by atoms with Gasteiger partial charge in [0.1, 0.15) is 18.0 Å². The maximum Gasteiger partial charge on any atom is 0.308 e. The lowest BCUT2D eigenvalue weighted by Gasteiger charge is -2.43. The van der Waals surface area contributed by atoms with Gasteiger partial charge in [-0.1, -0.05) is 41.2 Å². The van der Waals surface area contributed by atoms with Crippen LogP contribution in [0.2, 0.25) is 0 Å². The number of hydrogen-bond acceptors (Lipinski definition) is 8. The summed E-state index contributed by atoms with van der Waals surface area (Å²) >= 11 is 2.80. The number of benzene rings is 3. The third kappa shape index (κ3) is 4.73. The van der Waals surface area contributed by atoms with Crippen molar-refractivity contribution in [2.24, 2.45) is 29.6 Å². The Bertz CT molecular complexity index is 1950. The molecule has 1 N–H and O–H groups in total. The fourth-order valence-electron chi connectivity index (χ4n) is 8.41. The Hall–Kier alpha value is -4.35. The molecule has 0 radical (unpaired) electrons. The number of fused-ring (bicyclic) bond motifs is 9. The summed E-state index contributed by atoms with van der Waals surface area (Å²) in [5, 5.41) is 3.69. The first-order valence-corrected chi connectivity index (χ1v) is 17.4. The molecule has 7 unspecified atom stereocenters. The minimum atomic E-state index is -0.391. The lowest BCUT2D eigenvalue weighted by molar-refractivity contribution is -0.123. The van der Waals surface area contributed by atoms with Crippen LogP contribution in [0.15, 0.2) is 82.6 Å². The number of aryl methyl sites for hydroxylation is 1. The fraction of sp³-hybridized carbons (Fsp3) is 0.333. The number of methoxy groups -OCH3 is 2. The number of thiazole rings is 1. The standard InChI is InChI=1S/C36H33N3O6S2/c1-18-4-10-21(11-5-18)39-33(41)29-24-16-25(30(29)34(39)42)31-28(24)27(19-6-12-22(44-2)13-7-19)32-35(46-31)38(36(43)47-32)17-26(40)37-20-8-14-23(45-3)15-9-20/h4-15,24-25,27-31H,16-17H2,1-3H3,(H,37,40). The van der Waals surface area contributed by atoms with Gasteiger partial charge in [-0.15, -0.1) is 11.8 Å². The summed E-state index contributed by atoms with van der Waals surface area (Å²) in [5.41, 5.74) is 3.33. The van der Waals surface area contributed by atoms with Crippen LogP contribution >= 0.6 is 23.1 Å². The van der Waals surface area contributed by atoms with E-state index in [4.69, 9.17) is 9.47 Å². The zero-order valence-electron chi connectivity index (χ0n) is 26.0. The number of carbonyl (C=O) groups excluding carboxylic acids is 3. The maximum atomic E-state index is 14.1. The van der Waals surface area contributed by atoms with E-state index in [1.807, 2.05) is 55.5 Å². The SMILES string of the molecule is COc1ccc(NC(=O)Cn2c3c(sc2=O)C(c2ccc(OC)cc2)C2C4CC(C2S3)C2C(=O)N(c3ccc(C)cc3)C(=O)C42)cc1. The average Bonchev–Trinajstić information content (AvgIpc) is 3.80. The van der Waals surface area contributed by atoms with Crippen LogP contribution in [0.5, 0.6) is 11.5 Å². The Morgan fingerprint density at radius 3 is 2.11 bits per heavy atom. The van der Waals surface area contributed by atoms with Crippen molar-refractivity contribution in [3.8, 4) is 11.5 Å². The Balaban J connectivity index is 1.16. The molecule has 1 saturated heterocycles. The number of anilines is 2. The number of thioether (sulfide) groups is 1. The van der Waals surface area contributed by atoms with Crippen LogP contribution in [0.25, 0.3) is 0 Å². The lowest BCUT2D eigenvalue weighted by Crippen LogP contribution is -2.43. The number of rotatable bonds is 7. The van der Waals surface area contributed by atoms with Crippen LogP contribution < -0.4 is 24.6 Å². The minimum absolute atomic E-state index is 0.00123. The predicted molar refractivity (Wildman–Crippen MR) is 180 cm³/mol. The normalized spacial score (nSPS) is 27.0. The van der Waals surface area contributed by atoms with Crippen molar-refractivity contribution in [3.05, 3.63) is 98.5 Å². The van der Waals surface area contributed by atoms with E-state index in [0.29, 0.717) is 17.1 Å². The van der Waals surface area contributed by atoms with Gasteiger partial charge < -0.3 is 14.8 Å². The number of amides is 3. The van der Waals surface area contributed by atoms with Crippen molar-refractivity contribution >= 4 is 52.2 Å². The second-order valence-corrected chi connectivity index (χ2v) is 14.9. The van der Waals surface area contributed by atoms with Gasteiger partial charge in [-0.3, -0.25) is 28.6 Å². The molecule has 3 amide bonds. The number of carbonyl (C=O) groups is 3. The minimum Gasteiger partial charge on any atom is -0.497 e. The Morgan fingerprint density at radius 1 is 0.851 bits per heavy atom. The molecule has 2 aliphatic heterocycles. The predicted octanol–water partition coefficient (Wildman–Crippen LogP) is 5.55. The van der Waals surface area contributed by atoms with Crippen LogP contribution in [-0.4, -0.2) is 41.8 Å². The Kier molecular flexibility index (Phi) is 7.29. The highest BCUT2D eigenvalue weighted by Gasteiger charge is 2.69. The Morgan fingerprint density at radius 2 is 1.47 bits per heavy atom. The van der Waals surface area contributed by atoms with E-state index in [-0.39, 0.29) is 64.0 Å². The summed E-state index contributed by atoms with van der Waals surface area (Å²) < 4.78 is 12.2. The van der Waals surface area contributed by atoms with Crippen molar-refractivity contribution in [1.29, 1.82) is 0 Å². The maximum absolute atomic E-state index is 14.1. The molecule has 11 heteroatoms. The molecule has 9 nitrogen and oxygen atoms in total. The third-order valence-corrected chi connectivity index (χ3v) is 13.2. The van der Waals surface area contributed by atoms with Gasteiger partial charge in [-0.2, -0.15) is 0 Å². The van der Waals surface area contributed by atoms with Gasteiger partial charge in [-0.25, -0.2) is 0 Å². The van der Waals surface area contributed by atoms with Crippen LogP contribution in [0.1, 0.15) is 28.3 Å². The number of nitrogens with zero attached hydrogens (tertiary/aromatic N) is 2. The zero-order chi connectivity index (χ0) is 32.6. The van der Waals surface area contributed by atoms with Gasteiger partial charge >= 0.3 is 4.87 Å². The van der Waals surface area contributed by atoms with Crippen LogP contribution in [0, 0.1) is 36.5 Å². The van der Waals surface area contributed by atoms with Gasteiger partial charge in [0.15, 0.2) is 0 Å². The second kappa shape index (κ2) is 11.4. The highest BCUT2D eigenvalue weighted by molar-refractivity contribution is 8.00. The topological polar surface area (TPSA) is 107 Å². The van der Waals surface area contributed by atoms with Crippen molar-refractivity contribution in [3.63, 3.8) is 0 Å². The largest absolute Gasteiger partial charge is 0.497 e. The lowest BCUT2D eigenvalue weighted by atomic mass is 9.68. The molecule has 2 aliphatic carbocycles. The molecule has 2 saturated carbocycles. The van der Waals surface area contributed by atoms with E-state index in [9.17, 15) is 19.2 Å². The summed E-state index contributed by atoms with van der Waals surface area (Å²) in [4.78, 5) is 57.1. The molecule has 2 bridgehead atoms. The highest BCUT2D eigenvalue weighted by Crippen LogP contribution is 2.69. The van der Waals surface area contributed by atoms with Gasteiger partial charge in [0.05, 0.1) is 36.8 Å². The van der Waals surface area contributed by atoms with E-state index in [1.54, 1.807) is 54.8 Å². The van der Waals surface area contributed by atoms with Crippen LogP contribution in [0.4, 0.5) is 11.4 Å². The molecular formula is C36H33N3O6S2. The molecule has 3 fully saturated rings. The number of hydrogen-bond donors (Lipinski definition) is 1. The summed E-state index contributed by atoms with van der Waals surface area (Å²) in [7, 11) is 3.21. The number of ether oxygens (including phenoxy) is 2.